The Hall–Kier alpha value is -1.68. The van der Waals surface area contributed by atoms with E-state index >= 15 is 0 Å². The number of nitrogens with one attached hydrogen (secondary N) is 1. The zero-order valence-corrected chi connectivity index (χ0v) is 11.7. The maximum atomic E-state index is 5.54. The third kappa shape index (κ3) is 1.79. The smallest absolute Gasteiger partial charge is 0.244 e. The van der Waals surface area contributed by atoms with E-state index in [9.17, 15) is 0 Å². The molecule has 2 aromatic rings. The second-order valence-electron chi connectivity index (χ2n) is 6.10. The fraction of sp³-hybridized carbons (Fsp3) is 0.500. The van der Waals surface area contributed by atoms with Crippen molar-refractivity contribution in [3.63, 3.8) is 0 Å². The van der Waals surface area contributed by atoms with Crippen LogP contribution in [0.25, 0.3) is 0 Å². The number of hydrogen-bond acceptors (Lipinski definition) is 4. The first-order valence-electron chi connectivity index (χ1n) is 7.43. The molecule has 1 aliphatic carbocycles. The van der Waals surface area contributed by atoms with Crippen LogP contribution in [-0.2, 0) is 5.41 Å². The summed E-state index contributed by atoms with van der Waals surface area (Å²) in [5, 5.41) is 7.73. The highest BCUT2D eigenvalue weighted by molar-refractivity contribution is 5.38. The van der Waals surface area contributed by atoms with E-state index in [0.29, 0.717) is 5.92 Å². The fourth-order valence-corrected chi connectivity index (χ4v) is 3.24. The largest absolute Gasteiger partial charge is 0.338 e. The average molecular weight is 269 g/mol. The van der Waals surface area contributed by atoms with Gasteiger partial charge in [0, 0.05) is 0 Å². The Morgan fingerprint density at radius 1 is 1.25 bits per heavy atom. The van der Waals surface area contributed by atoms with Crippen LogP contribution in [0.4, 0.5) is 0 Å². The molecule has 0 amide bonds. The van der Waals surface area contributed by atoms with Gasteiger partial charge in [0.2, 0.25) is 5.89 Å². The highest BCUT2D eigenvalue weighted by atomic mass is 16.5. The van der Waals surface area contributed by atoms with Crippen LogP contribution >= 0.6 is 0 Å². The molecule has 1 aliphatic heterocycles. The minimum atomic E-state index is 0.00481. The van der Waals surface area contributed by atoms with E-state index < -0.39 is 0 Å². The summed E-state index contributed by atoms with van der Waals surface area (Å²) in [6.07, 6.45) is 3.40. The van der Waals surface area contributed by atoms with Crippen LogP contribution < -0.4 is 5.32 Å². The predicted octanol–water partition coefficient (Wildman–Crippen LogP) is 2.82. The van der Waals surface area contributed by atoms with Crippen molar-refractivity contribution >= 4 is 0 Å². The molecule has 0 radical (unpaired) electrons. The lowest BCUT2D eigenvalue weighted by Gasteiger charge is -2.11. The first-order valence-corrected chi connectivity index (χ1v) is 7.43. The van der Waals surface area contributed by atoms with Gasteiger partial charge in [-0.3, -0.25) is 0 Å². The van der Waals surface area contributed by atoms with E-state index in [1.807, 2.05) is 6.07 Å². The van der Waals surface area contributed by atoms with Gasteiger partial charge < -0.3 is 9.84 Å². The Kier molecular flexibility index (Phi) is 2.67. The molecule has 1 aromatic heterocycles. The Bertz CT molecular complexity index is 603. The standard InChI is InChI=1S/C16H19N3O/c1-11-7-10-17-13(11)14-18-15(19-20-14)16(8-9-16)12-5-3-2-4-6-12/h2-6,11,13,17H,7-10H2,1H3. The van der Waals surface area contributed by atoms with Gasteiger partial charge >= 0.3 is 0 Å². The van der Waals surface area contributed by atoms with Crippen molar-refractivity contribution in [3.8, 4) is 0 Å². The van der Waals surface area contributed by atoms with Gasteiger partial charge in [-0.15, -0.1) is 0 Å². The summed E-state index contributed by atoms with van der Waals surface area (Å²) in [5.41, 5.74) is 1.31. The number of benzene rings is 1. The molecule has 1 saturated heterocycles. The highest BCUT2D eigenvalue weighted by Crippen LogP contribution is 2.52. The number of nitrogens with zero attached hydrogens (tertiary/aromatic N) is 2. The molecule has 1 aromatic carbocycles. The predicted molar refractivity (Wildman–Crippen MR) is 75.3 cm³/mol. The molecule has 2 unspecified atom stereocenters. The summed E-state index contributed by atoms with van der Waals surface area (Å²) in [4.78, 5) is 4.71. The second-order valence-corrected chi connectivity index (χ2v) is 6.10. The van der Waals surface area contributed by atoms with Crippen molar-refractivity contribution in [2.24, 2.45) is 5.92 Å². The van der Waals surface area contributed by atoms with Crippen molar-refractivity contribution in [2.45, 2.75) is 37.6 Å². The maximum absolute atomic E-state index is 5.54. The minimum absolute atomic E-state index is 0.00481. The van der Waals surface area contributed by atoms with Gasteiger partial charge in [-0.2, -0.15) is 4.98 Å². The highest BCUT2D eigenvalue weighted by Gasteiger charge is 2.50. The van der Waals surface area contributed by atoms with Crippen molar-refractivity contribution in [1.29, 1.82) is 0 Å². The van der Waals surface area contributed by atoms with E-state index in [2.05, 4.69) is 41.7 Å². The van der Waals surface area contributed by atoms with Gasteiger partial charge in [0.05, 0.1) is 11.5 Å². The molecule has 2 aliphatic rings. The first-order chi connectivity index (χ1) is 9.79. The number of hydrogen-bond donors (Lipinski definition) is 1. The monoisotopic (exact) mass is 269 g/mol. The van der Waals surface area contributed by atoms with Gasteiger partial charge in [-0.05, 0) is 37.3 Å². The second kappa shape index (κ2) is 4.42. The summed E-state index contributed by atoms with van der Waals surface area (Å²) < 4.78 is 5.54. The maximum Gasteiger partial charge on any atom is 0.244 e. The van der Waals surface area contributed by atoms with Gasteiger partial charge in [0.15, 0.2) is 5.82 Å². The lowest BCUT2D eigenvalue weighted by molar-refractivity contribution is 0.316. The van der Waals surface area contributed by atoms with Gasteiger partial charge in [-0.25, -0.2) is 0 Å². The summed E-state index contributed by atoms with van der Waals surface area (Å²) in [6, 6.07) is 10.8. The van der Waals surface area contributed by atoms with Gasteiger partial charge in [0.25, 0.3) is 0 Å². The molecule has 2 fully saturated rings. The van der Waals surface area contributed by atoms with Crippen LogP contribution in [0.5, 0.6) is 0 Å². The molecular formula is C16H19N3O. The van der Waals surface area contributed by atoms with E-state index in [1.54, 1.807) is 0 Å². The summed E-state index contributed by atoms with van der Waals surface area (Å²) in [7, 11) is 0. The van der Waals surface area contributed by atoms with E-state index in [0.717, 1.165) is 31.1 Å². The van der Waals surface area contributed by atoms with Crippen LogP contribution in [0.1, 0.15) is 49.5 Å². The topological polar surface area (TPSA) is 51.0 Å². The molecule has 1 N–H and O–H groups in total. The normalized spacial score (nSPS) is 27.6. The molecule has 104 valence electrons. The van der Waals surface area contributed by atoms with Crippen LogP contribution in [-0.4, -0.2) is 16.7 Å². The third-order valence-electron chi connectivity index (χ3n) is 4.75. The zero-order chi connectivity index (χ0) is 13.6. The summed E-state index contributed by atoms with van der Waals surface area (Å²) >= 11 is 0. The molecule has 4 nitrogen and oxygen atoms in total. The van der Waals surface area contributed by atoms with Crippen LogP contribution in [0.15, 0.2) is 34.9 Å². The lowest BCUT2D eigenvalue weighted by Crippen LogP contribution is -2.17. The quantitative estimate of drug-likeness (QED) is 0.931. The molecule has 0 bridgehead atoms. The van der Waals surface area contributed by atoms with Crippen molar-refractivity contribution in [3.05, 3.63) is 47.6 Å². The van der Waals surface area contributed by atoms with E-state index in [-0.39, 0.29) is 11.5 Å². The minimum Gasteiger partial charge on any atom is -0.338 e. The number of aromatic nitrogens is 2. The molecule has 4 rings (SSSR count). The molecule has 2 atom stereocenters. The first kappa shape index (κ1) is 12.1. The van der Waals surface area contributed by atoms with Crippen LogP contribution in [0.3, 0.4) is 0 Å². The summed E-state index contributed by atoms with van der Waals surface area (Å²) in [5.74, 6) is 2.18. The van der Waals surface area contributed by atoms with Crippen LogP contribution in [0.2, 0.25) is 0 Å². The zero-order valence-electron chi connectivity index (χ0n) is 11.7. The van der Waals surface area contributed by atoms with Gasteiger partial charge in [0.1, 0.15) is 0 Å². The molecule has 0 spiro atoms. The van der Waals surface area contributed by atoms with Gasteiger partial charge in [-0.1, -0.05) is 42.4 Å². The SMILES string of the molecule is CC1CCNC1c1nc(C2(c3ccccc3)CC2)no1. The summed E-state index contributed by atoms with van der Waals surface area (Å²) in [6.45, 7) is 3.27. The van der Waals surface area contributed by atoms with Crippen LogP contribution in [0, 0.1) is 5.92 Å². The lowest BCUT2D eigenvalue weighted by atomic mass is 9.95. The fourth-order valence-electron chi connectivity index (χ4n) is 3.24. The molecule has 2 heterocycles. The van der Waals surface area contributed by atoms with E-state index in [4.69, 9.17) is 9.51 Å². The van der Waals surface area contributed by atoms with Crippen molar-refractivity contribution in [1.82, 2.24) is 15.5 Å². The molecule has 20 heavy (non-hydrogen) atoms. The Morgan fingerprint density at radius 2 is 2.05 bits per heavy atom. The van der Waals surface area contributed by atoms with Crippen molar-refractivity contribution < 1.29 is 4.52 Å². The molecular weight excluding hydrogens is 250 g/mol. The average Bonchev–Trinajstić information content (AvgIpc) is 2.94. The number of rotatable bonds is 3. The Labute approximate surface area is 118 Å². The molecule has 4 heteroatoms. The Morgan fingerprint density at radius 3 is 2.70 bits per heavy atom. The third-order valence-corrected chi connectivity index (χ3v) is 4.75. The Balaban J connectivity index is 1.65. The molecule has 1 saturated carbocycles. The van der Waals surface area contributed by atoms with E-state index in [1.165, 1.54) is 12.0 Å². The van der Waals surface area contributed by atoms with Crippen molar-refractivity contribution in [2.75, 3.05) is 6.54 Å².